The quantitative estimate of drug-likeness (QED) is 0.643. The molecule has 74 valence electrons. The Morgan fingerprint density at radius 3 is 2.23 bits per heavy atom. The number of piperidine rings is 2. The highest BCUT2D eigenvalue weighted by molar-refractivity contribution is 4.97. The van der Waals surface area contributed by atoms with Crippen LogP contribution in [0.2, 0.25) is 0 Å². The summed E-state index contributed by atoms with van der Waals surface area (Å²) < 4.78 is 13.7. The number of hydrogen-bond acceptors (Lipinski definition) is 2. The van der Waals surface area contributed by atoms with Crippen LogP contribution >= 0.6 is 0 Å². The number of halogens is 1. The van der Waals surface area contributed by atoms with Crippen LogP contribution in [0.15, 0.2) is 0 Å². The van der Waals surface area contributed by atoms with E-state index in [0.717, 1.165) is 32.2 Å². The van der Waals surface area contributed by atoms with Crippen LogP contribution in [0.3, 0.4) is 0 Å². The van der Waals surface area contributed by atoms with Crippen LogP contribution in [0.1, 0.15) is 12.8 Å². The first-order valence-electron chi connectivity index (χ1n) is 5.43. The van der Waals surface area contributed by atoms with Gasteiger partial charge in [-0.3, -0.25) is 4.90 Å². The van der Waals surface area contributed by atoms with Gasteiger partial charge in [0, 0.05) is 44.1 Å². The summed E-state index contributed by atoms with van der Waals surface area (Å²) in [6.45, 7) is 3.77. The molecule has 0 aromatic carbocycles. The smallest absolute Gasteiger partial charge is 0.111 e. The molecule has 1 saturated carbocycles. The Morgan fingerprint density at radius 1 is 1.08 bits per heavy atom. The molecule has 3 fully saturated rings. The SMILES string of the molecule is FC1C2CNCC1CN(C1CC1)C2. The number of hydrogen-bond donors (Lipinski definition) is 1. The van der Waals surface area contributed by atoms with Crippen molar-refractivity contribution in [1.29, 1.82) is 0 Å². The van der Waals surface area contributed by atoms with E-state index in [0.29, 0.717) is 0 Å². The van der Waals surface area contributed by atoms with E-state index < -0.39 is 6.17 Å². The third-order valence-electron chi connectivity index (χ3n) is 3.72. The summed E-state index contributed by atoms with van der Waals surface area (Å²) in [5.74, 6) is 0.543. The van der Waals surface area contributed by atoms with Crippen LogP contribution in [0, 0.1) is 11.8 Å². The number of likely N-dealkylation sites (tertiary alicyclic amines) is 1. The Labute approximate surface area is 78.5 Å². The first kappa shape index (κ1) is 8.18. The third-order valence-corrected chi connectivity index (χ3v) is 3.72. The molecule has 2 unspecified atom stereocenters. The molecule has 0 aromatic rings. The third kappa shape index (κ3) is 1.38. The van der Waals surface area contributed by atoms with Gasteiger partial charge < -0.3 is 5.32 Å². The minimum absolute atomic E-state index is 0.271. The van der Waals surface area contributed by atoms with Crippen LogP contribution < -0.4 is 5.32 Å². The van der Waals surface area contributed by atoms with Crippen molar-refractivity contribution < 1.29 is 4.39 Å². The maximum absolute atomic E-state index is 13.7. The van der Waals surface area contributed by atoms with Gasteiger partial charge >= 0.3 is 0 Å². The largest absolute Gasteiger partial charge is 0.316 e. The van der Waals surface area contributed by atoms with Crippen molar-refractivity contribution in [2.24, 2.45) is 11.8 Å². The van der Waals surface area contributed by atoms with Crippen molar-refractivity contribution in [1.82, 2.24) is 10.2 Å². The number of rotatable bonds is 1. The molecule has 3 aliphatic rings. The lowest BCUT2D eigenvalue weighted by Crippen LogP contribution is -2.58. The molecule has 0 amide bonds. The van der Waals surface area contributed by atoms with Crippen molar-refractivity contribution >= 4 is 0 Å². The molecule has 3 heteroatoms. The topological polar surface area (TPSA) is 15.3 Å². The summed E-state index contributed by atoms with van der Waals surface area (Å²) in [7, 11) is 0. The Hall–Kier alpha value is -0.150. The lowest BCUT2D eigenvalue weighted by Gasteiger charge is -2.44. The van der Waals surface area contributed by atoms with E-state index in [1.807, 2.05) is 0 Å². The van der Waals surface area contributed by atoms with Crippen molar-refractivity contribution in [3.63, 3.8) is 0 Å². The van der Waals surface area contributed by atoms with Crippen LogP contribution in [0.25, 0.3) is 0 Å². The second-order valence-corrected chi connectivity index (χ2v) is 4.81. The number of nitrogens with zero attached hydrogens (tertiary/aromatic N) is 1. The predicted octanol–water partition coefficient (Wildman–Crippen LogP) is 0.638. The average molecular weight is 184 g/mol. The van der Waals surface area contributed by atoms with Gasteiger partial charge in [-0.05, 0) is 12.8 Å². The molecule has 2 nitrogen and oxygen atoms in total. The fourth-order valence-corrected chi connectivity index (χ4v) is 2.81. The van der Waals surface area contributed by atoms with Crippen LogP contribution in [0.4, 0.5) is 4.39 Å². The van der Waals surface area contributed by atoms with Gasteiger partial charge in [0.1, 0.15) is 6.17 Å². The van der Waals surface area contributed by atoms with Gasteiger partial charge in [0.15, 0.2) is 0 Å². The second-order valence-electron chi connectivity index (χ2n) is 4.81. The molecule has 0 aromatic heterocycles. The standard InChI is InChI=1S/C10H17FN2/c11-10-7-3-12-4-8(10)6-13(5-7)9-1-2-9/h7-10,12H,1-6H2. The molecule has 0 radical (unpaired) electrons. The predicted molar refractivity (Wildman–Crippen MR) is 49.3 cm³/mol. The summed E-state index contributed by atoms with van der Waals surface area (Å²) in [6, 6.07) is 0.815. The summed E-state index contributed by atoms with van der Waals surface area (Å²) in [6.07, 6.45) is 2.17. The van der Waals surface area contributed by atoms with Gasteiger partial charge in [-0.2, -0.15) is 0 Å². The summed E-state index contributed by atoms with van der Waals surface area (Å²) >= 11 is 0. The molecule has 2 atom stereocenters. The first-order valence-corrected chi connectivity index (χ1v) is 5.43. The van der Waals surface area contributed by atoms with E-state index in [1.54, 1.807) is 0 Å². The monoisotopic (exact) mass is 184 g/mol. The molecule has 13 heavy (non-hydrogen) atoms. The van der Waals surface area contributed by atoms with Crippen LogP contribution in [0.5, 0.6) is 0 Å². The Balaban J connectivity index is 1.72. The van der Waals surface area contributed by atoms with Crippen molar-refractivity contribution in [3.8, 4) is 0 Å². The molecule has 2 aliphatic heterocycles. The highest BCUT2D eigenvalue weighted by atomic mass is 19.1. The maximum Gasteiger partial charge on any atom is 0.111 e. The second kappa shape index (κ2) is 2.92. The zero-order valence-corrected chi connectivity index (χ0v) is 7.88. The molecule has 2 saturated heterocycles. The van der Waals surface area contributed by atoms with Crippen LogP contribution in [-0.2, 0) is 0 Å². The van der Waals surface area contributed by atoms with E-state index in [-0.39, 0.29) is 11.8 Å². The van der Waals surface area contributed by atoms with E-state index in [1.165, 1.54) is 12.8 Å². The fraction of sp³-hybridized carbons (Fsp3) is 1.00. The number of nitrogens with one attached hydrogen (secondary N) is 1. The maximum atomic E-state index is 13.7. The van der Waals surface area contributed by atoms with Crippen molar-refractivity contribution in [2.45, 2.75) is 25.1 Å². The van der Waals surface area contributed by atoms with Gasteiger partial charge in [-0.25, -0.2) is 4.39 Å². The average Bonchev–Trinajstić information content (AvgIpc) is 2.85. The lowest BCUT2D eigenvalue weighted by atomic mass is 9.84. The summed E-state index contributed by atoms with van der Waals surface area (Å²) in [4.78, 5) is 2.52. The van der Waals surface area contributed by atoms with E-state index in [4.69, 9.17) is 0 Å². The Bertz CT molecular complexity index is 191. The highest BCUT2D eigenvalue weighted by Crippen LogP contribution is 2.35. The molecular weight excluding hydrogens is 167 g/mol. The molecule has 2 heterocycles. The van der Waals surface area contributed by atoms with Gasteiger partial charge in [-0.15, -0.1) is 0 Å². The normalized spacial score (nSPS) is 46.4. The molecular formula is C10H17FN2. The molecule has 1 N–H and O–H groups in total. The van der Waals surface area contributed by atoms with E-state index in [2.05, 4.69) is 10.2 Å². The molecule has 3 rings (SSSR count). The van der Waals surface area contributed by atoms with Gasteiger partial charge in [0.25, 0.3) is 0 Å². The summed E-state index contributed by atoms with van der Waals surface area (Å²) in [5, 5.41) is 3.33. The van der Waals surface area contributed by atoms with E-state index in [9.17, 15) is 4.39 Å². The molecule has 2 bridgehead atoms. The first-order chi connectivity index (χ1) is 6.34. The van der Waals surface area contributed by atoms with E-state index >= 15 is 0 Å². The van der Waals surface area contributed by atoms with Gasteiger partial charge in [0.05, 0.1) is 0 Å². The zero-order chi connectivity index (χ0) is 8.84. The fourth-order valence-electron chi connectivity index (χ4n) is 2.81. The zero-order valence-electron chi connectivity index (χ0n) is 7.88. The van der Waals surface area contributed by atoms with Gasteiger partial charge in [0.2, 0.25) is 0 Å². The Kier molecular flexibility index (Phi) is 1.84. The van der Waals surface area contributed by atoms with Crippen molar-refractivity contribution in [2.75, 3.05) is 26.2 Å². The lowest BCUT2D eigenvalue weighted by molar-refractivity contribution is 0.00748. The minimum atomic E-state index is -0.531. The molecule has 1 aliphatic carbocycles. The van der Waals surface area contributed by atoms with Gasteiger partial charge in [-0.1, -0.05) is 0 Å². The Morgan fingerprint density at radius 2 is 1.69 bits per heavy atom. The summed E-state index contributed by atoms with van der Waals surface area (Å²) in [5.41, 5.74) is 0. The number of alkyl halides is 1. The van der Waals surface area contributed by atoms with Crippen LogP contribution in [-0.4, -0.2) is 43.3 Å². The minimum Gasteiger partial charge on any atom is -0.316 e. The highest BCUT2D eigenvalue weighted by Gasteiger charge is 2.43. The van der Waals surface area contributed by atoms with Crippen molar-refractivity contribution in [3.05, 3.63) is 0 Å². The number of fused-ring (bicyclic) bond motifs is 2. The molecule has 0 spiro atoms.